The highest BCUT2D eigenvalue weighted by atomic mass is 35.5. The maximum atomic E-state index is 9.47. The molecule has 3 N–H and O–H groups in total. The van der Waals surface area contributed by atoms with Crippen molar-refractivity contribution in [3.8, 4) is 0 Å². The van der Waals surface area contributed by atoms with Crippen molar-refractivity contribution < 1.29 is 10.2 Å². The summed E-state index contributed by atoms with van der Waals surface area (Å²) in [6.07, 6.45) is 1.53. The Morgan fingerprint density at radius 1 is 1.28 bits per heavy atom. The average molecular weight is 272 g/mol. The summed E-state index contributed by atoms with van der Waals surface area (Å²) >= 11 is 5.99. The van der Waals surface area contributed by atoms with Gasteiger partial charge in [0.05, 0.1) is 18.8 Å². The number of halogens is 1. The molecule has 3 nitrogen and oxygen atoms in total. The predicted molar refractivity (Wildman–Crippen MR) is 74.8 cm³/mol. The fourth-order valence-electron chi connectivity index (χ4n) is 1.98. The van der Waals surface area contributed by atoms with Crippen molar-refractivity contribution in [2.45, 2.75) is 38.3 Å². The molecule has 0 bridgehead atoms. The van der Waals surface area contributed by atoms with E-state index in [4.69, 9.17) is 11.6 Å². The lowest BCUT2D eigenvalue weighted by molar-refractivity contribution is 0.0768. The molecule has 0 saturated carbocycles. The van der Waals surface area contributed by atoms with Crippen LogP contribution >= 0.6 is 11.6 Å². The van der Waals surface area contributed by atoms with Crippen LogP contribution in [0, 0.1) is 0 Å². The summed E-state index contributed by atoms with van der Waals surface area (Å²) in [5, 5.41) is 23.0. The van der Waals surface area contributed by atoms with E-state index in [1.54, 1.807) is 0 Å². The number of benzene rings is 1. The Balaban J connectivity index is 2.90. The second-order valence-corrected chi connectivity index (χ2v) is 5.05. The Labute approximate surface area is 114 Å². The van der Waals surface area contributed by atoms with Crippen molar-refractivity contribution in [3.05, 3.63) is 34.9 Å². The lowest BCUT2D eigenvalue weighted by atomic mass is 9.94. The highest BCUT2D eigenvalue weighted by Crippen LogP contribution is 2.24. The van der Waals surface area contributed by atoms with Crippen molar-refractivity contribution in [1.29, 1.82) is 0 Å². The van der Waals surface area contributed by atoms with Crippen molar-refractivity contribution in [2.24, 2.45) is 0 Å². The van der Waals surface area contributed by atoms with Gasteiger partial charge in [-0.3, -0.25) is 0 Å². The van der Waals surface area contributed by atoms with Gasteiger partial charge >= 0.3 is 0 Å². The normalized spacial score (nSPS) is 13.6. The van der Waals surface area contributed by atoms with E-state index in [0.29, 0.717) is 11.4 Å². The second-order valence-electron chi connectivity index (χ2n) is 4.61. The van der Waals surface area contributed by atoms with Crippen LogP contribution in [0.3, 0.4) is 0 Å². The van der Waals surface area contributed by atoms with Gasteiger partial charge in [0, 0.05) is 11.1 Å². The van der Waals surface area contributed by atoms with Gasteiger partial charge in [0.1, 0.15) is 0 Å². The molecule has 0 amide bonds. The summed E-state index contributed by atoms with van der Waals surface area (Å²) in [6, 6.07) is 7.74. The van der Waals surface area contributed by atoms with Crippen LogP contribution in [-0.4, -0.2) is 29.0 Å². The maximum Gasteiger partial charge on any atom is 0.0650 e. The number of hydrogen-bond donors (Lipinski definition) is 3. The van der Waals surface area contributed by atoms with Crippen molar-refractivity contribution in [2.75, 3.05) is 13.2 Å². The van der Waals surface area contributed by atoms with Gasteiger partial charge in [0.15, 0.2) is 0 Å². The molecule has 0 saturated heterocycles. The molecular formula is C14H22ClNO2. The smallest absolute Gasteiger partial charge is 0.0650 e. The highest BCUT2D eigenvalue weighted by Gasteiger charge is 2.29. The first-order chi connectivity index (χ1) is 8.60. The molecule has 4 heteroatoms. The minimum absolute atomic E-state index is 0.0722. The van der Waals surface area contributed by atoms with Gasteiger partial charge in [0.2, 0.25) is 0 Å². The van der Waals surface area contributed by atoms with E-state index in [9.17, 15) is 10.2 Å². The monoisotopic (exact) mass is 271 g/mol. The molecule has 1 aromatic carbocycles. The average Bonchev–Trinajstić information content (AvgIpc) is 2.41. The molecule has 102 valence electrons. The molecular weight excluding hydrogens is 250 g/mol. The van der Waals surface area contributed by atoms with E-state index in [-0.39, 0.29) is 19.3 Å². The van der Waals surface area contributed by atoms with E-state index >= 15 is 0 Å². The minimum Gasteiger partial charge on any atom is -0.394 e. The van der Waals surface area contributed by atoms with Crippen molar-refractivity contribution in [1.82, 2.24) is 5.32 Å². The summed E-state index contributed by atoms with van der Waals surface area (Å²) in [4.78, 5) is 0. The van der Waals surface area contributed by atoms with Crippen molar-refractivity contribution in [3.63, 3.8) is 0 Å². The number of hydrogen-bond acceptors (Lipinski definition) is 3. The van der Waals surface area contributed by atoms with Crippen LogP contribution in [0.25, 0.3) is 0 Å². The van der Waals surface area contributed by atoms with Crippen LogP contribution in [0.4, 0.5) is 0 Å². The number of rotatable bonds is 7. The van der Waals surface area contributed by atoms with Crippen molar-refractivity contribution >= 4 is 11.6 Å². The van der Waals surface area contributed by atoms with E-state index in [1.165, 1.54) is 0 Å². The standard InChI is InChI=1S/C14H22ClNO2/c1-3-13(11-6-5-7-12(15)8-11)16-14(4-2,9-17)10-18/h5-8,13,16-18H,3-4,9-10H2,1-2H3. The summed E-state index contributed by atoms with van der Waals surface area (Å²) in [6.45, 7) is 3.84. The minimum atomic E-state index is -0.636. The first kappa shape index (κ1) is 15.4. The Morgan fingerprint density at radius 2 is 1.94 bits per heavy atom. The molecule has 0 heterocycles. The first-order valence-corrected chi connectivity index (χ1v) is 6.73. The van der Waals surface area contributed by atoms with Gasteiger partial charge in [0.25, 0.3) is 0 Å². The SMILES string of the molecule is CCC(NC(CC)(CO)CO)c1cccc(Cl)c1. The Morgan fingerprint density at radius 3 is 2.39 bits per heavy atom. The van der Waals surface area contributed by atoms with Gasteiger partial charge in [-0.05, 0) is 30.5 Å². The molecule has 0 spiro atoms. The molecule has 0 aliphatic carbocycles. The third kappa shape index (κ3) is 3.69. The Hall–Kier alpha value is -0.610. The molecule has 0 fully saturated rings. The van der Waals surface area contributed by atoms with Gasteiger partial charge in [-0.15, -0.1) is 0 Å². The van der Waals surface area contributed by atoms with Gasteiger partial charge in [-0.25, -0.2) is 0 Å². The lowest BCUT2D eigenvalue weighted by Gasteiger charge is -2.34. The zero-order chi connectivity index (χ0) is 13.6. The predicted octanol–water partition coefficient (Wildman–Crippen LogP) is 2.51. The first-order valence-electron chi connectivity index (χ1n) is 6.35. The van der Waals surface area contributed by atoms with Crippen LogP contribution in [0.15, 0.2) is 24.3 Å². The maximum absolute atomic E-state index is 9.47. The fraction of sp³-hybridized carbons (Fsp3) is 0.571. The summed E-state index contributed by atoms with van der Waals surface area (Å²) in [5.74, 6) is 0. The largest absolute Gasteiger partial charge is 0.394 e. The summed E-state index contributed by atoms with van der Waals surface area (Å²) in [5.41, 5.74) is 0.438. The van der Waals surface area contributed by atoms with Crippen LogP contribution < -0.4 is 5.32 Å². The Bertz CT molecular complexity index is 358. The number of nitrogens with one attached hydrogen (secondary N) is 1. The molecule has 1 rings (SSSR count). The van der Waals surface area contributed by atoms with Crippen LogP contribution in [0.1, 0.15) is 38.3 Å². The summed E-state index contributed by atoms with van der Waals surface area (Å²) < 4.78 is 0. The molecule has 0 aliphatic heterocycles. The number of aliphatic hydroxyl groups is 2. The van der Waals surface area contributed by atoms with Gasteiger partial charge in [-0.2, -0.15) is 0 Å². The van der Waals surface area contributed by atoms with Crippen LogP contribution in [0.5, 0.6) is 0 Å². The highest BCUT2D eigenvalue weighted by molar-refractivity contribution is 6.30. The quantitative estimate of drug-likeness (QED) is 0.714. The van der Waals surface area contributed by atoms with Crippen LogP contribution in [0.2, 0.25) is 5.02 Å². The third-order valence-electron chi connectivity index (χ3n) is 3.42. The third-order valence-corrected chi connectivity index (χ3v) is 3.66. The zero-order valence-electron chi connectivity index (χ0n) is 11.0. The topological polar surface area (TPSA) is 52.5 Å². The van der Waals surface area contributed by atoms with E-state index < -0.39 is 5.54 Å². The van der Waals surface area contributed by atoms with E-state index in [2.05, 4.69) is 12.2 Å². The lowest BCUT2D eigenvalue weighted by Crippen LogP contribution is -2.52. The fourth-order valence-corrected chi connectivity index (χ4v) is 2.18. The summed E-state index contributed by atoms with van der Waals surface area (Å²) in [7, 11) is 0. The zero-order valence-corrected chi connectivity index (χ0v) is 11.7. The van der Waals surface area contributed by atoms with E-state index in [1.807, 2.05) is 31.2 Å². The number of aliphatic hydroxyl groups excluding tert-OH is 2. The molecule has 0 radical (unpaired) electrons. The molecule has 0 aliphatic rings. The van der Waals surface area contributed by atoms with Gasteiger partial charge in [-0.1, -0.05) is 37.6 Å². The molecule has 18 heavy (non-hydrogen) atoms. The molecule has 1 unspecified atom stereocenters. The molecule has 1 atom stereocenters. The Kier molecular flexibility index (Phi) is 6.09. The van der Waals surface area contributed by atoms with Crippen LogP contribution in [-0.2, 0) is 0 Å². The van der Waals surface area contributed by atoms with Gasteiger partial charge < -0.3 is 15.5 Å². The second kappa shape index (κ2) is 7.10. The molecule has 1 aromatic rings. The van der Waals surface area contributed by atoms with E-state index in [0.717, 1.165) is 12.0 Å². The molecule has 0 aromatic heterocycles.